The van der Waals surface area contributed by atoms with Gasteiger partial charge in [-0.25, -0.2) is 9.82 Å². The van der Waals surface area contributed by atoms with Gasteiger partial charge in [-0.1, -0.05) is 12.1 Å². The van der Waals surface area contributed by atoms with Crippen LogP contribution in [0.25, 0.3) is 0 Å². The van der Waals surface area contributed by atoms with Gasteiger partial charge >= 0.3 is 11.8 Å². The molecule has 0 atom stereocenters. The largest absolute Gasteiger partial charge is 0.463 e. The minimum atomic E-state index is -1.02. The highest BCUT2D eigenvalue weighted by Crippen LogP contribution is 2.11. The quantitative estimate of drug-likeness (QED) is 0.514. The minimum absolute atomic E-state index is 0.0793. The molecule has 1 aromatic heterocycles. The van der Waals surface area contributed by atoms with E-state index in [1.54, 1.807) is 19.1 Å². The summed E-state index contributed by atoms with van der Waals surface area (Å²) < 4.78 is 18.4. The predicted molar refractivity (Wildman–Crippen MR) is 74.1 cm³/mol. The van der Waals surface area contributed by atoms with Crippen molar-refractivity contribution in [3.63, 3.8) is 0 Å². The van der Waals surface area contributed by atoms with Gasteiger partial charge in [0.25, 0.3) is 0 Å². The molecule has 108 valence electrons. The number of furan rings is 1. The number of anilines is 1. The fourth-order valence-corrected chi connectivity index (χ4v) is 1.47. The first kappa shape index (κ1) is 14.4. The monoisotopic (exact) mass is 289 g/mol. The van der Waals surface area contributed by atoms with Gasteiger partial charge < -0.3 is 9.73 Å². The lowest BCUT2D eigenvalue weighted by Gasteiger charge is -2.05. The number of carbonyl (C=O) groups is 2. The second kappa shape index (κ2) is 6.47. The summed E-state index contributed by atoms with van der Waals surface area (Å²) in [5, 5.41) is 5.87. The number of para-hydroxylation sites is 1. The van der Waals surface area contributed by atoms with Crippen molar-refractivity contribution in [1.29, 1.82) is 0 Å². The Morgan fingerprint density at radius 3 is 2.57 bits per heavy atom. The smallest absolute Gasteiger partial charge is 0.329 e. The average molecular weight is 289 g/mol. The highest BCUT2D eigenvalue weighted by atomic mass is 19.1. The maximum absolute atomic E-state index is 13.3. The van der Waals surface area contributed by atoms with Crippen LogP contribution in [0.1, 0.15) is 12.7 Å². The molecular weight excluding hydrogens is 277 g/mol. The summed E-state index contributed by atoms with van der Waals surface area (Å²) in [6.45, 7) is 1.61. The van der Waals surface area contributed by atoms with E-state index in [2.05, 4.69) is 15.8 Å². The zero-order valence-corrected chi connectivity index (χ0v) is 11.1. The summed E-state index contributed by atoms with van der Waals surface area (Å²) in [6.07, 6.45) is 1.46. The van der Waals surface area contributed by atoms with Crippen LogP contribution < -0.4 is 10.7 Å². The van der Waals surface area contributed by atoms with E-state index in [0.717, 1.165) is 0 Å². The van der Waals surface area contributed by atoms with E-state index in [0.29, 0.717) is 11.5 Å². The van der Waals surface area contributed by atoms with Crippen LogP contribution >= 0.6 is 0 Å². The van der Waals surface area contributed by atoms with E-state index in [9.17, 15) is 14.0 Å². The van der Waals surface area contributed by atoms with Crippen LogP contribution in [-0.2, 0) is 9.59 Å². The molecule has 1 heterocycles. The molecular formula is C14H12FN3O3. The molecule has 0 bridgehead atoms. The maximum atomic E-state index is 13.3. The summed E-state index contributed by atoms with van der Waals surface area (Å²) >= 11 is 0. The molecule has 0 spiro atoms. The van der Waals surface area contributed by atoms with Crippen LogP contribution in [0.2, 0.25) is 0 Å². The van der Waals surface area contributed by atoms with E-state index < -0.39 is 17.6 Å². The molecule has 0 saturated heterocycles. The normalized spacial score (nSPS) is 11.0. The van der Waals surface area contributed by atoms with Crippen molar-refractivity contribution in [3.05, 3.63) is 54.2 Å². The van der Waals surface area contributed by atoms with Crippen molar-refractivity contribution < 1.29 is 18.4 Å². The van der Waals surface area contributed by atoms with Gasteiger partial charge in [0, 0.05) is 0 Å². The molecule has 2 rings (SSSR count). The highest BCUT2D eigenvalue weighted by Gasteiger charge is 2.15. The number of halogens is 1. The van der Waals surface area contributed by atoms with Gasteiger partial charge in [0.2, 0.25) is 0 Å². The Balaban J connectivity index is 1.96. The van der Waals surface area contributed by atoms with Crippen molar-refractivity contribution in [3.8, 4) is 0 Å². The number of carbonyl (C=O) groups excluding carboxylic acids is 2. The lowest BCUT2D eigenvalue weighted by Crippen LogP contribution is -2.33. The lowest BCUT2D eigenvalue weighted by molar-refractivity contribution is -0.136. The third-order valence-electron chi connectivity index (χ3n) is 2.53. The predicted octanol–water partition coefficient (Wildman–Crippen LogP) is 1.90. The van der Waals surface area contributed by atoms with E-state index in [1.807, 2.05) is 0 Å². The van der Waals surface area contributed by atoms with Gasteiger partial charge in [0.15, 0.2) is 0 Å². The summed E-state index contributed by atoms with van der Waals surface area (Å²) in [5.41, 5.74) is 2.38. The number of rotatable bonds is 3. The average Bonchev–Trinajstić information content (AvgIpc) is 3.01. The van der Waals surface area contributed by atoms with Crippen LogP contribution in [0.15, 0.2) is 52.2 Å². The standard InChI is InChI=1S/C14H12FN3O3/c1-9(12-7-4-8-21-12)17-18-14(20)13(19)16-11-6-3-2-5-10(11)15/h2-8H,1H3,(H,16,19)(H,18,20). The third-order valence-corrected chi connectivity index (χ3v) is 2.53. The second-order valence-electron chi connectivity index (χ2n) is 4.05. The fraction of sp³-hybridized carbons (Fsp3) is 0.0714. The molecule has 0 aliphatic carbocycles. The van der Waals surface area contributed by atoms with Gasteiger partial charge in [0.1, 0.15) is 17.3 Å². The molecule has 1 aromatic carbocycles. The second-order valence-corrected chi connectivity index (χ2v) is 4.05. The Kier molecular flexibility index (Phi) is 4.45. The Morgan fingerprint density at radius 1 is 1.14 bits per heavy atom. The topological polar surface area (TPSA) is 83.7 Å². The molecule has 2 aromatic rings. The Bertz CT molecular complexity index is 681. The Morgan fingerprint density at radius 2 is 1.90 bits per heavy atom. The third kappa shape index (κ3) is 3.75. The van der Waals surface area contributed by atoms with Crippen molar-refractivity contribution >= 4 is 23.2 Å². The molecule has 0 radical (unpaired) electrons. The van der Waals surface area contributed by atoms with E-state index >= 15 is 0 Å². The molecule has 0 aliphatic rings. The summed E-state index contributed by atoms with van der Waals surface area (Å²) in [5.74, 6) is -2.20. The van der Waals surface area contributed by atoms with Crippen molar-refractivity contribution in [2.75, 3.05) is 5.32 Å². The molecule has 2 amide bonds. The number of hydrogen-bond acceptors (Lipinski definition) is 4. The minimum Gasteiger partial charge on any atom is -0.463 e. The zero-order chi connectivity index (χ0) is 15.2. The molecule has 6 nitrogen and oxygen atoms in total. The molecule has 21 heavy (non-hydrogen) atoms. The van der Waals surface area contributed by atoms with Crippen LogP contribution in [0.3, 0.4) is 0 Å². The molecule has 0 aliphatic heterocycles. The fourth-order valence-electron chi connectivity index (χ4n) is 1.47. The summed E-state index contributed by atoms with van der Waals surface area (Å²) in [7, 11) is 0. The van der Waals surface area contributed by atoms with Gasteiger partial charge in [-0.3, -0.25) is 9.59 Å². The van der Waals surface area contributed by atoms with Crippen LogP contribution in [0.5, 0.6) is 0 Å². The molecule has 2 N–H and O–H groups in total. The number of hydrazone groups is 1. The van der Waals surface area contributed by atoms with Crippen LogP contribution in [0.4, 0.5) is 10.1 Å². The van der Waals surface area contributed by atoms with Gasteiger partial charge in [-0.05, 0) is 31.2 Å². The first-order valence-electron chi connectivity index (χ1n) is 6.02. The summed E-state index contributed by atoms with van der Waals surface area (Å²) in [6, 6.07) is 8.86. The highest BCUT2D eigenvalue weighted by molar-refractivity contribution is 6.39. The van der Waals surface area contributed by atoms with Crippen molar-refractivity contribution in [2.24, 2.45) is 5.10 Å². The SMILES string of the molecule is CC(=NNC(=O)C(=O)Nc1ccccc1F)c1ccco1. The van der Waals surface area contributed by atoms with Crippen molar-refractivity contribution in [1.82, 2.24) is 5.43 Å². The van der Waals surface area contributed by atoms with Crippen LogP contribution in [-0.4, -0.2) is 17.5 Å². The van der Waals surface area contributed by atoms with E-state index in [-0.39, 0.29) is 5.69 Å². The molecule has 0 fully saturated rings. The number of nitrogens with zero attached hydrogens (tertiary/aromatic N) is 1. The molecule has 7 heteroatoms. The van der Waals surface area contributed by atoms with Gasteiger partial charge in [0.05, 0.1) is 12.0 Å². The van der Waals surface area contributed by atoms with E-state index in [1.165, 1.54) is 30.5 Å². The van der Waals surface area contributed by atoms with Crippen LogP contribution in [0, 0.1) is 5.82 Å². The Hall–Kier alpha value is -2.96. The Labute approximate surface area is 119 Å². The first-order valence-corrected chi connectivity index (χ1v) is 6.02. The number of amides is 2. The van der Waals surface area contributed by atoms with Crippen molar-refractivity contribution in [2.45, 2.75) is 6.92 Å². The first-order chi connectivity index (χ1) is 10.1. The number of hydrogen-bond donors (Lipinski definition) is 2. The molecule has 0 unspecified atom stereocenters. The van der Waals surface area contributed by atoms with E-state index in [4.69, 9.17) is 4.42 Å². The zero-order valence-electron chi connectivity index (χ0n) is 11.1. The molecule has 0 saturated carbocycles. The van der Waals surface area contributed by atoms with Gasteiger partial charge in [-0.2, -0.15) is 5.10 Å². The summed E-state index contributed by atoms with van der Waals surface area (Å²) in [4.78, 5) is 23.1. The lowest BCUT2D eigenvalue weighted by atomic mass is 10.3. The van der Waals surface area contributed by atoms with Gasteiger partial charge in [-0.15, -0.1) is 0 Å². The maximum Gasteiger partial charge on any atom is 0.329 e. The number of benzene rings is 1. The number of nitrogens with one attached hydrogen (secondary N) is 2.